The van der Waals surface area contributed by atoms with E-state index in [2.05, 4.69) is 20.1 Å². The molecule has 1 aromatic rings. The number of carbonyl (C=O) groups is 3. The number of unbranched alkanes of at least 4 members (excludes halogenated alkanes) is 4. The number of carbonyl (C=O) groups excluding carboxylic acids is 3. The van der Waals surface area contributed by atoms with Crippen molar-refractivity contribution in [2.45, 2.75) is 94.9 Å². The second-order valence-electron chi connectivity index (χ2n) is 11.9. The first kappa shape index (κ1) is 32.0. The summed E-state index contributed by atoms with van der Waals surface area (Å²) in [6.45, 7) is 12.5. The van der Waals surface area contributed by atoms with Gasteiger partial charge in [-0.3, -0.25) is 14.4 Å². The van der Waals surface area contributed by atoms with Crippen LogP contribution in [0.2, 0.25) is 0 Å². The standard InChI is InChI=1S/C34H48N2O6/c1-5-9-11-16-23-41-32(40)28-27-30(38)36(26(24-37)25-17-13-12-14-18-25)29(34(27)20-19-33(28,8-4)42-34)31(39)35(21-7-3)22-15-10-6-2/h5,7,12-14,17-18,26-29,37H,1,3,6,8-11,15-16,19-24H2,2,4H3/t26-,27+,28-,29?,33+,34?/m1/s1. The molecule has 0 saturated carbocycles. The molecule has 1 spiro atoms. The lowest BCUT2D eigenvalue weighted by Crippen LogP contribution is -2.57. The van der Waals surface area contributed by atoms with E-state index in [1.165, 1.54) is 4.90 Å². The first-order chi connectivity index (χ1) is 20.4. The van der Waals surface area contributed by atoms with Gasteiger partial charge in [0.15, 0.2) is 0 Å². The predicted octanol–water partition coefficient (Wildman–Crippen LogP) is 4.98. The molecular weight excluding hydrogens is 532 g/mol. The highest BCUT2D eigenvalue weighted by Crippen LogP contribution is 2.65. The fourth-order valence-corrected chi connectivity index (χ4v) is 7.49. The van der Waals surface area contributed by atoms with Gasteiger partial charge in [0.05, 0.1) is 30.8 Å². The Morgan fingerprint density at radius 2 is 1.90 bits per heavy atom. The van der Waals surface area contributed by atoms with Gasteiger partial charge in [-0.2, -0.15) is 0 Å². The van der Waals surface area contributed by atoms with Crippen molar-refractivity contribution in [3.8, 4) is 0 Å². The minimum absolute atomic E-state index is 0.221. The van der Waals surface area contributed by atoms with Crippen LogP contribution in [-0.2, 0) is 23.9 Å². The first-order valence-corrected chi connectivity index (χ1v) is 15.7. The number of benzene rings is 1. The van der Waals surface area contributed by atoms with Gasteiger partial charge in [-0.25, -0.2) is 0 Å². The molecule has 230 valence electrons. The number of aliphatic hydroxyl groups is 1. The van der Waals surface area contributed by atoms with Gasteiger partial charge >= 0.3 is 5.97 Å². The second kappa shape index (κ2) is 14.0. The maximum atomic E-state index is 14.6. The highest BCUT2D eigenvalue weighted by molar-refractivity contribution is 5.99. The van der Waals surface area contributed by atoms with Crippen LogP contribution < -0.4 is 0 Å². The highest BCUT2D eigenvalue weighted by Gasteiger charge is 2.79. The molecule has 0 aliphatic carbocycles. The number of fused-ring (bicyclic) bond motifs is 1. The number of aliphatic hydroxyl groups excluding tert-OH is 1. The number of hydrogen-bond acceptors (Lipinski definition) is 6. The molecule has 0 radical (unpaired) electrons. The lowest BCUT2D eigenvalue weighted by Gasteiger charge is -2.39. The van der Waals surface area contributed by atoms with Crippen molar-refractivity contribution in [3.63, 3.8) is 0 Å². The fourth-order valence-electron chi connectivity index (χ4n) is 7.49. The molecule has 3 aliphatic heterocycles. The topological polar surface area (TPSA) is 96.4 Å². The molecule has 3 saturated heterocycles. The van der Waals surface area contributed by atoms with Crippen LogP contribution in [0.25, 0.3) is 0 Å². The van der Waals surface area contributed by atoms with Crippen molar-refractivity contribution in [2.24, 2.45) is 11.8 Å². The monoisotopic (exact) mass is 580 g/mol. The van der Waals surface area contributed by atoms with E-state index in [9.17, 15) is 19.5 Å². The summed E-state index contributed by atoms with van der Waals surface area (Å²) in [6.07, 6.45) is 10.3. The molecule has 4 rings (SSSR count). The summed E-state index contributed by atoms with van der Waals surface area (Å²) in [5, 5.41) is 10.7. The third kappa shape index (κ3) is 5.68. The normalized spacial score (nSPS) is 28.4. The van der Waals surface area contributed by atoms with E-state index in [0.717, 1.165) is 37.7 Å². The van der Waals surface area contributed by atoms with Crippen LogP contribution in [0.1, 0.15) is 83.2 Å². The number of hydrogen-bond donors (Lipinski definition) is 1. The summed E-state index contributed by atoms with van der Waals surface area (Å²) in [4.78, 5) is 46.3. The number of rotatable bonds is 17. The fraction of sp³-hybridized carbons (Fsp3) is 0.618. The van der Waals surface area contributed by atoms with Crippen LogP contribution in [0, 0.1) is 11.8 Å². The summed E-state index contributed by atoms with van der Waals surface area (Å²) in [5.41, 5.74) is -1.32. The number of nitrogens with zero attached hydrogens (tertiary/aromatic N) is 2. The Balaban J connectivity index is 1.76. The Kier molecular flexibility index (Phi) is 10.7. The lowest BCUT2D eigenvalue weighted by atomic mass is 9.65. The molecule has 8 heteroatoms. The molecule has 1 N–H and O–H groups in total. The maximum Gasteiger partial charge on any atom is 0.312 e. The van der Waals surface area contributed by atoms with Crippen LogP contribution in [0.5, 0.6) is 0 Å². The average Bonchev–Trinajstić information content (AvgIpc) is 3.61. The molecule has 0 aromatic heterocycles. The number of allylic oxidation sites excluding steroid dienone is 1. The van der Waals surface area contributed by atoms with Crippen molar-refractivity contribution in [3.05, 3.63) is 61.2 Å². The molecule has 1 aromatic carbocycles. The van der Waals surface area contributed by atoms with Crippen molar-refractivity contribution < 1.29 is 29.0 Å². The molecule has 6 atom stereocenters. The van der Waals surface area contributed by atoms with Gasteiger partial charge in [0.25, 0.3) is 0 Å². The van der Waals surface area contributed by atoms with Gasteiger partial charge in [0.1, 0.15) is 17.6 Å². The third-order valence-electron chi connectivity index (χ3n) is 9.54. The van der Waals surface area contributed by atoms with E-state index in [-0.39, 0.29) is 25.0 Å². The summed E-state index contributed by atoms with van der Waals surface area (Å²) in [5.74, 6) is -2.66. The van der Waals surface area contributed by atoms with Crippen LogP contribution in [0.15, 0.2) is 55.6 Å². The first-order valence-electron chi connectivity index (χ1n) is 15.7. The quantitative estimate of drug-likeness (QED) is 0.159. The van der Waals surface area contributed by atoms with Crippen molar-refractivity contribution in [1.29, 1.82) is 0 Å². The zero-order chi connectivity index (χ0) is 30.3. The van der Waals surface area contributed by atoms with Crippen molar-refractivity contribution >= 4 is 17.8 Å². The number of amides is 2. The predicted molar refractivity (Wildman–Crippen MR) is 161 cm³/mol. The van der Waals surface area contributed by atoms with Gasteiger partial charge in [0, 0.05) is 13.1 Å². The third-order valence-corrected chi connectivity index (χ3v) is 9.54. The summed E-state index contributed by atoms with van der Waals surface area (Å²) in [7, 11) is 0. The molecule has 2 amide bonds. The molecule has 2 bridgehead atoms. The minimum Gasteiger partial charge on any atom is -0.465 e. The van der Waals surface area contributed by atoms with Gasteiger partial charge in [-0.15, -0.1) is 13.2 Å². The van der Waals surface area contributed by atoms with Gasteiger partial charge in [-0.1, -0.05) is 69.2 Å². The molecule has 8 nitrogen and oxygen atoms in total. The maximum absolute atomic E-state index is 14.6. The van der Waals surface area contributed by atoms with E-state index >= 15 is 0 Å². The number of esters is 1. The Morgan fingerprint density at radius 3 is 2.55 bits per heavy atom. The van der Waals surface area contributed by atoms with Crippen LogP contribution in [0.4, 0.5) is 0 Å². The molecule has 3 aliphatic rings. The Labute approximate surface area is 250 Å². The Hall–Kier alpha value is -2.97. The second-order valence-corrected chi connectivity index (χ2v) is 11.9. The molecule has 2 unspecified atom stereocenters. The van der Waals surface area contributed by atoms with Gasteiger partial charge in [-0.05, 0) is 50.5 Å². The van der Waals surface area contributed by atoms with Crippen molar-refractivity contribution in [2.75, 3.05) is 26.3 Å². The van der Waals surface area contributed by atoms with Crippen molar-refractivity contribution in [1.82, 2.24) is 9.80 Å². The van der Waals surface area contributed by atoms with E-state index in [4.69, 9.17) is 9.47 Å². The van der Waals surface area contributed by atoms with E-state index in [0.29, 0.717) is 38.8 Å². The summed E-state index contributed by atoms with van der Waals surface area (Å²) in [6, 6.07) is 7.54. The molecule has 3 heterocycles. The minimum atomic E-state index is -1.18. The summed E-state index contributed by atoms with van der Waals surface area (Å²) < 4.78 is 12.7. The Morgan fingerprint density at radius 1 is 1.14 bits per heavy atom. The molecular formula is C34H48N2O6. The lowest BCUT2D eigenvalue weighted by molar-refractivity contribution is -0.163. The van der Waals surface area contributed by atoms with Gasteiger partial charge < -0.3 is 24.4 Å². The van der Waals surface area contributed by atoms with Gasteiger partial charge in [0.2, 0.25) is 11.8 Å². The van der Waals surface area contributed by atoms with E-state index in [1.807, 2.05) is 43.3 Å². The number of likely N-dealkylation sites (tertiary alicyclic amines) is 1. The highest BCUT2D eigenvalue weighted by atomic mass is 16.6. The Bertz CT molecular complexity index is 1120. The molecule has 3 fully saturated rings. The SMILES string of the molecule is C=CCCCCOC(=O)[C@H]1[C@H]2C(=O)N([C@H](CO)c3ccccc3)C(C(=O)N(CC=C)CCCCC)C23CC[C@]1(CC)O3. The van der Waals surface area contributed by atoms with Crippen LogP contribution >= 0.6 is 0 Å². The summed E-state index contributed by atoms with van der Waals surface area (Å²) >= 11 is 0. The zero-order valence-corrected chi connectivity index (χ0v) is 25.3. The number of ether oxygens (including phenoxy) is 2. The average molecular weight is 581 g/mol. The van der Waals surface area contributed by atoms with E-state index < -0.39 is 41.1 Å². The van der Waals surface area contributed by atoms with Crippen LogP contribution in [-0.4, -0.2) is 76.2 Å². The zero-order valence-electron chi connectivity index (χ0n) is 25.3. The largest absolute Gasteiger partial charge is 0.465 e. The van der Waals surface area contributed by atoms with Crippen LogP contribution in [0.3, 0.4) is 0 Å². The molecule has 42 heavy (non-hydrogen) atoms. The smallest absolute Gasteiger partial charge is 0.312 e. The van der Waals surface area contributed by atoms with E-state index in [1.54, 1.807) is 11.0 Å².